The molecule has 0 aromatic heterocycles. The van der Waals surface area contributed by atoms with Crippen molar-refractivity contribution in [2.45, 2.75) is 104 Å². The molecule has 1 heterocycles. The molecule has 1 saturated carbocycles. The van der Waals surface area contributed by atoms with Gasteiger partial charge in [0, 0.05) is 33.1 Å². The summed E-state index contributed by atoms with van der Waals surface area (Å²) in [5, 5.41) is 6.47. The minimum atomic E-state index is -0.623. The largest absolute Gasteiger partial charge is 0.412 e. The van der Waals surface area contributed by atoms with Crippen LogP contribution in [0.4, 0.5) is 5.69 Å². The Kier molecular flexibility index (Phi) is 17.0. The quantitative estimate of drug-likeness (QED) is 0.225. The number of benzene rings is 2. The summed E-state index contributed by atoms with van der Waals surface area (Å²) in [6, 6.07) is 15.3. The molecule has 4 rings (SSSR count). The summed E-state index contributed by atoms with van der Waals surface area (Å²) < 4.78 is 0. The van der Waals surface area contributed by atoms with Crippen molar-refractivity contribution in [3.63, 3.8) is 0 Å². The molecule has 7 nitrogen and oxygen atoms in total. The maximum absolute atomic E-state index is 13.5. The Morgan fingerprint density at radius 1 is 1.02 bits per heavy atom. The molecule has 2 fully saturated rings. The molecule has 0 spiro atoms. The minimum absolute atomic E-state index is 0. The number of allylic oxidation sites excluding steroid dienone is 5. The molecule has 1 aliphatic carbocycles. The van der Waals surface area contributed by atoms with E-state index in [4.69, 9.17) is 0 Å². The van der Waals surface area contributed by atoms with Gasteiger partial charge in [0.25, 0.3) is 5.91 Å². The summed E-state index contributed by atoms with van der Waals surface area (Å²) in [5.41, 5.74) is 5.69. The van der Waals surface area contributed by atoms with Crippen LogP contribution in [0.5, 0.6) is 0 Å². The van der Waals surface area contributed by atoms with E-state index in [-0.39, 0.29) is 32.5 Å². The number of nitrogens with one attached hydrogen (secondary N) is 2. The van der Waals surface area contributed by atoms with Crippen molar-refractivity contribution in [1.82, 2.24) is 10.6 Å². The standard InChI is InChI=1S/C30H39N3O3.C9H14.H2O.2H2/c1-2-10-23-17-24(20-26(18-23)33-16-9-15-29(33)35)30(36)32-27(19-22-11-5-3-6-12-22)28(34)21-31-25-13-7-4-8-14-25;1-5-9(4)7-6-8(2)3;;;/h3,5-6,11-12,17-18,20,25,27,31H,2,4,7-10,13-16,19,21H2,1H3,(H,32,36);5-7H,2H2,1,3-4H3;1H2;2*1H/b;7-6-,9-5-;;;/t27-;;;;/m0..../s1. The van der Waals surface area contributed by atoms with Crippen LogP contribution in [-0.2, 0) is 22.4 Å². The lowest BCUT2D eigenvalue weighted by Gasteiger charge is -2.24. The van der Waals surface area contributed by atoms with E-state index in [0.717, 1.165) is 54.5 Å². The van der Waals surface area contributed by atoms with Crippen molar-refractivity contribution < 1.29 is 22.7 Å². The third kappa shape index (κ3) is 12.9. The molecule has 0 unspecified atom stereocenters. The molecular formula is C39H59N3O4. The number of Topliss-reactive ketones (excluding diaryl/α,β-unsaturated/α-hetero) is 1. The van der Waals surface area contributed by atoms with Gasteiger partial charge in [0.1, 0.15) is 0 Å². The summed E-state index contributed by atoms with van der Waals surface area (Å²) in [5.74, 6) is -0.175. The van der Waals surface area contributed by atoms with Crippen molar-refractivity contribution in [1.29, 1.82) is 0 Å². The SMILES string of the molecule is C=C(C)/C=C\C(C)=C/C.CCCc1cc(C(=O)N[C@@H](Cc2ccccc2)C(=O)CNC2CCCCC2)cc(N2CCCC2=O)c1.O.[HH].[HH]. The van der Waals surface area contributed by atoms with Crippen LogP contribution < -0.4 is 15.5 Å². The average molecular weight is 634 g/mol. The van der Waals surface area contributed by atoms with Crippen LogP contribution in [0, 0.1) is 0 Å². The highest BCUT2D eigenvalue weighted by atomic mass is 16.2. The number of ketones is 1. The highest BCUT2D eigenvalue weighted by Crippen LogP contribution is 2.25. The van der Waals surface area contributed by atoms with Crippen LogP contribution in [0.15, 0.2) is 84.5 Å². The van der Waals surface area contributed by atoms with Gasteiger partial charge in [-0.1, -0.05) is 98.9 Å². The molecule has 0 bridgehead atoms. The number of nitrogens with zero attached hydrogens (tertiary/aromatic N) is 1. The lowest BCUT2D eigenvalue weighted by molar-refractivity contribution is -0.120. The molecule has 1 saturated heterocycles. The number of carbonyl (C=O) groups is 3. The van der Waals surface area contributed by atoms with Crippen LogP contribution in [-0.4, -0.2) is 48.2 Å². The normalized spacial score (nSPS) is 16.0. The van der Waals surface area contributed by atoms with E-state index in [2.05, 4.69) is 43.2 Å². The lowest BCUT2D eigenvalue weighted by atomic mass is 9.95. The highest BCUT2D eigenvalue weighted by Gasteiger charge is 2.26. The Hall–Kier alpha value is -3.81. The van der Waals surface area contributed by atoms with E-state index >= 15 is 0 Å². The van der Waals surface area contributed by atoms with Crippen LogP contribution >= 0.6 is 0 Å². The molecular weight excluding hydrogens is 574 g/mol. The Labute approximate surface area is 279 Å². The number of rotatable bonds is 13. The van der Waals surface area contributed by atoms with Crippen LogP contribution in [0.25, 0.3) is 0 Å². The predicted octanol–water partition coefficient (Wildman–Crippen LogP) is 7.35. The Morgan fingerprint density at radius 2 is 1.74 bits per heavy atom. The predicted molar refractivity (Wildman–Crippen MR) is 195 cm³/mol. The molecule has 46 heavy (non-hydrogen) atoms. The van der Waals surface area contributed by atoms with Gasteiger partial charge in [-0.3, -0.25) is 14.4 Å². The third-order valence-corrected chi connectivity index (χ3v) is 8.40. The lowest BCUT2D eigenvalue weighted by Crippen LogP contribution is -2.47. The monoisotopic (exact) mass is 633 g/mol. The maximum atomic E-state index is 13.5. The summed E-state index contributed by atoms with van der Waals surface area (Å²) in [4.78, 5) is 40.9. The second kappa shape index (κ2) is 20.3. The molecule has 4 N–H and O–H groups in total. The van der Waals surface area contributed by atoms with Gasteiger partial charge in [0.05, 0.1) is 12.6 Å². The van der Waals surface area contributed by atoms with Crippen molar-refractivity contribution in [3.05, 3.63) is 101 Å². The molecule has 2 aromatic rings. The van der Waals surface area contributed by atoms with Crippen molar-refractivity contribution in [2.75, 3.05) is 18.0 Å². The summed E-state index contributed by atoms with van der Waals surface area (Å²) >= 11 is 0. The van der Waals surface area contributed by atoms with E-state index < -0.39 is 6.04 Å². The second-order valence-corrected chi connectivity index (χ2v) is 12.4. The number of anilines is 1. The van der Waals surface area contributed by atoms with Crippen LogP contribution in [0.1, 0.15) is 103 Å². The summed E-state index contributed by atoms with van der Waals surface area (Å²) in [6.45, 7) is 12.9. The molecule has 1 atom stereocenters. The first kappa shape index (κ1) is 38.4. The van der Waals surface area contributed by atoms with E-state index in [9.17, 15) is 14.4 Å². The molecule has 2 aliphatic rings. The van der Waals surface area contributed by atoms with E-state index in [1.807, 2.05) is 62.4 Å². The number of carbonyl (C=O) groups excluding carboxylic acids is 3. The number of aryl methyl sites for hydroxylation is 1. The first-order valence-electron chi connectivity index (χ1n) is 16.7. The Bertz CT molecular complexity index is 1350. The number of amides is 2. The highest BCUT2D eigenvalue weighted by molar-refractivity contribution is 6.01. The fourth-order valence-corrected chi connectivity index (χ4v) is 5.70. The van der Waals surface area contributed by atoms with Gasteiger partial charge in [0.15, 0.2) is 5.78 Å². The van der Waals surface area contributed by atoms with E-state index in [0.29, 0.717) is 31.0 Å². The van der Waals surface area contributed by atoms with Gasteiger partial charge < -0.3 is 21.0 Å². The van der Waals surface area contributed by atoms with Gasteiger partial charge in [-0.05, 0) is 82.2 Å². The number of hydrogen-bond acceptors (Lipinski definition) is 4. The van der Waals surface area contributed by atoms with Crippen LogP contribution in [0.2, 0.25) is 0 Å². The fraction of sp³-hybridized carbons (Fsp3) is 0.462. The van der Waals surface area contributed by atoms with Gasteiger partial charge in [-0.2, -0.15) is 0 Å². The third-order valence-electron chi connectivity index (χ3n) is 8.40. The summed E-state index contributed by atoms with van der Waals surface area (Å²) in [6.07, 6.45) is 15.6. The smallest absolute Gasteiger partial charge is 0.251 e. The molecule has 0 radical (unpaired) electrons. The van der Waals surface area contributed by atoms with E-state index in [1.165, 1.54) is 24.8 Å². The summed E-state index contributed by atoms with van der Waals surface area (Å²) in [7, 11) is 0. The van der Waals surface area contributed by atoms with Crippen LogP contribution in [0.3, 0.4) is 0 Å². The maximum Gasteiger partial charge on any atom is 0.251 e. The van der Waals surface area contributed by atoms with Gasteiger partial charge in [-0.15, -0.1) is 0 Å². The zero-order valence-corrected chi connectivity index (χ0v) is 28.4. The first-order valence-corrected chi connectivity index (χ1v) is 16.7. The molecule has 2 aromatic carbocycles. The second-order valence-electron chi connectivity index (χ2n) is 12.4. The zero-order chi connectivity index (χ0) is 32.6. The average Bonchev–Trinajstić information content (AvgIpc) is 3.49. The molecule has 2 amide bonds. The topological polar surface area (TPSA) is 110 Å². The van der Waals surface area contributed by atoms with Crippen molar-refractivity contribution >= 4 is 23.3 Å². The van der Waals surface area contributed by atoms with Gasteiger partial charge in [-0.25, -0.2) is 0 Å². The van der Waals surface area contributed by atoms with Gasteiger partial charge in [0.2, 0.25) is 5.91 Å². The Morgan fingerprint density at radius 3 is 2.35 bits per heavy atom. The van der Waals surface area contributed by atoms with Gasteiger partial charge >= 0.3 is 0 Å². The van der Waals surface area contributed by atoms with Crippen molar-refractivity contribution in [2.24, 2.45) is 0 Å². The molecule has 7 heteroatoms. The molecule has 1 aliphatic heterocycles. The minimum Gasteiger partial charge on any atom is -0.412 e. The molecule has 254 valence electrons. The number of hydrogen-bond donors (Lipinski definition) is 2. The van der Waals surface area contributed by atoms with Crippen molar-refractivity contribution in [3.8, 4) is 0 Å². The van der Waals surface area contributed by atoms with E-state index in [1.54, 1.807) is 11.0 Å². The zero-order valence-electron chi connectivity index (χ0n) is 28.4. The first-order chi connectivity index (χ1) is 21.7. The fourth-order valence-electron chi connectivity index (χ4n) is 5.70. The Balaban J connectivity index is 0.00000162.